The van der Waals surface area contributed by atoms with E-state index in [2.05, 4.69) is 4.74 Å². The van der Waals surface area contributed by atoms with Gasteiger partial charge in [0, 0.05) is 17.5 Å². The number of ether oxygens (including phenoxy) is 2. The Hall–Kier alpha value is -2.21. The van der Waals surface area contributed by atoms with Crippen LogP contribution < -0.4 is 9.47 Å². The number of halogens is 3. The van der Waals surface area contributed by atoms with Crippen LogP contribution in [0, 0.1) is 6.92 Å². The molecule has 1 atom stereocenters. The van der Waals surface area contributed by atoms with Crippen LogP contribution in [-0.2, 0) is 6.42 Å². The van der Waals surface area contributed by atoms with Gasteiger partial charge in [0.2, 0.25) is 0 Å². The average molecular weight is 382 g/mol. The Bertz CT molecular complexity index is 768. The minimum atomic E-state index is -4.71. The standard InChI is InChI=1S/C19H19F3O3.C2H6/c1-3-16(23)17-11(2)10-15(18-14(17)8-9-24-18)12-4-6-13(7-5-12)25-19(20,21)22;1-2/h4-7,10,16,23H,3,8-9H2,1-2H3;1-2H3. The highest BCUT2D eigenvalue weighted by Crippen LogP contribution is 2.43. The number of rotatable bonds is 4. The highest BCUT2D eigenvalue weighted by molar-refractivity contribution is 5.75. The molecule has 1 aliphatic rings. The summed E-state index contributed by atoms with van der Waals surface area (Å²) in [6, 6.07) is 7.64. The summed E-state index contributed by atoms with van der Waals surface area (Å²) in [5.74, 6) is 0.446. The van der Waals surface area contributed by atoms with Crippen molar-refractivity contribution >= 4 is 0 Å². The van der Waals surface area contributed by atoms with Crippen molar-refractivity contribution in [3.05, 3.63) is 47.0 Å². The van der Waals surface area contributed by atoms with Crippen LogP contribution in [0.15, 0.2) is 30.3 Å². The lowest BCUT2D eigenvalue weighted by Gasteiger charge is -2.19. The van der Waals surface area contributed by atoms with Gasteiger partial charge in [0.15, 0.2) is 0 Å². The smallest absolute Gasteiger partial charge is 0.492 e. The lowest BCUT2D eigenvalue weighted by atomic mass is 9.89. The lowest BCUT2D eigenvalue weighted by molar-refractivity contribution is -0.274. The van der Waals surface area contributed by atoms with E-state index in [9.17, 15) is 18.3 Å². The first-order valence-corrected chi connectivity index (χ1v) is 9.13. The zero-order valence-electron chi connectivity index (χ0n) is 16.0. The van der Waals surface area contributed by atoms with Gasteiger partial charge in [-0.3, -0.25) is 0 Å². The van der Waals surface area contributed by atoms with Gasteiger partial charge in [0.1, 0.15) is 11.5 Å². The first-order chi connectivity index (χ1) is 12.8. The Balaban J connectivity index is 0.00000126. The van der Waals surface area contributed by atoms with E-state index in [1.165, 1.54) is 12.1 Å². The molecule has 1 heterocycles. The molecule has 148 valence electrons. The molecule has 2 aromatic carbocycles. The van der Waals surface area contributed by atoms with E-state index in [1.807, 2.05) is 33.8 Å². The zero-order valence-corrected chi connectivity index (χ0v) is 16.0. The Labute approximate surface area is 157 Å². The number of hydrogen-bond acceptors (Lipinski definition) is 3. The fraction of sp³-hybridized carbons (Fsp3) is 0.429. The van der Waals surface area contributed by atoms with Gasteiger partial charge in [-0.2, -0.15) is 0 Å². The number of fused-ring (bicyclic) bond motifs is 1. The summed E-state index contributed by atoms with van der Waals surface area (Å²) in [6.45, 7) is 8.38. The molecule has 3 nitrogen and oxygen atoms in total. The molecule has 6 heteroatoms. The van der Waals surface area contributed by atoms with Crippen LogP contribution in [0.2, 0.25) is 0 Å². The van der Waals surface area contributed by atoms with Crippen LogP contribution in [0.1, 0.15) is 50.0 Å². The Morgan fingerprint density at radius 3 is 2.37 bits per heavy atom. The molecule has 0 saturated heterocycles. The molecule has 0 aromatic heterocycles. The van der Waals surface area contributed by atoms with Crippen LogP contribution >= 0.6 is 0 Å². The third-order valence-electron chi connectivity index (χ3n) is 4.35. The largest absolute Gasteiger partial charge is 0.573 e. The minimum Gasteiger partial charge on any atom is -0.492 e. The van der Waals surface area contributed by atoms with E-state index < -0.39 is 12.5 Å². The molecule has 3 rings (SSSR count). The highest BCUT2D eigenvalue weighted by Gasteiger charge is 2.31. The van der Waals surface area contributed by atoms with E-state index in [1.54, 1.807) is 12.1 Å². The summed E-state index contributed by atoms with van der Waals surface area (Å²) in [4.78, 5) is 0. The van der Waals surface area contributed by atoms with Crippen molar-refractivity contribution in [1.29, 1.82) is 0 Å². The molecule has 1 N–H and O–H groups in total. The van der Waals surface area contributed by atoms with Gasteiger partial charge in [-0.05, 0) is 48.2 Å². The van der Waals surface area contributed by atoms with Crippen molar-refractivity contribution in [2.75, 3.05) is 6.61 Å². The molecule has 0 amide bonds. The summed E-state index contributed by atoms with van der Waals surface area (Å²) in [5.41, 5.74) is 4.39. The SMILES string of the molecule is CC.CCC(O)c1c(C)cc(-c2ccc(OC(F)(F)F)cc2)c2c1CCO2. The molecule has 0 spiro atoms. The van der Waals surface area contributed by atoms with Crippen LogP contribution in [0.4, 0.5) is 13.2 Å². The van der Waals surface area contributed by atoms with Crippen molar-refractivity contribution in [2.45, 2.75) is 53.0 Å². The minimum absolute atomic E-state index is 0.261. The fourth-order valence-corrected chi connectivity index (χ4v) is 3.27. The molecule has 1 unspecified atom stereocenters. The van der Waals surface area contributed by atoms with Gasteiger partial charge >= 0.3 is 6.36 Å². The van der Waals surface area contributed by atoms with Gasteiger partial charge in [-0.15, -0.1) is 13.2 Å². The molecule has 2 aromatic rings. The quantitative estimate of drug-likeness (QED) is 0.708. The second-order valence-corrected chi connectivity index (χ2v) is 6.06. The van der Waals surface area contributed by atoms with Crippen molar-refractivity contribution in [3.8, 4) is 22.6 Å². The van der Waals surface area contributed by atoms with Crippen molar-refractivity contribution < 1.29 is 27.8 Å². The zero-order chi connectivity index (χ0) is 20.2. The first kappa shape index (κ1) is 21.1. The number of aliphatic hydroxyl groups excluding tert-OH is 1. The number of benzene rings is 2. The lowest BCUT2D eigenvalue weighted by Crippen LogP contribution is -2.16. The topological polar surface area (TPSA) is 38.7 Å². The maximum absolute atomic E-state index is 12.3. The number of aryl methyl sites for hydroxylation is 1. The molecular formula is C21H25F3O3. The van der Waals surface area contributed by atoms with E-state index in [0.29, 0.717) is 25.2 Å². The normalized spacial score (nSPS) is 13.9. The summed E-state index contributed by atoms with van der Waals surface area (Å²) < 4.78 is 46.5. The second-order valence-electron chi connectivity index (χ2n) is 6.06. The molecular weight excluding hydrogens is 357 g/mol. The predicted molar refractivity (Wildman–Crippen MR) is 99.1 cm³/mol. The molecule has 0 saturated carbocycles. The molecule has 0 fully saturated rings. The van der Waals surface area contributed by atoms with E-state index >= 15 is 0 Å². The maximum Gasteiger partial charge on any atom is 0.573 e. The third kappa shape index (κ3) is 4.75. The Morgan fingerprint density at radius 1 is 1.19 bits per heavy atom. The second kappa shape index (κ2) is 8.65. The molecule has 27 heavy (non-hydrogen) atoms. The van der Waals surface area contributed by atoms with Crippen molar-refractivity contribution in [1.82, 2.24) is 0 Å². The van der Waals surface area contributed by atoms with Crippen LogP contribution in [0.25, 0.3) is 11.1 Å². The van der Waals surface area contributed by atoms with Gasteiger partial charge in [0.05, 0.1) is 12.7 Å². The highest BCUT2D eigenvalue weighted by atomic mass is 19.4. The number of hydrogen-bond donors (Lipinski definition) is 1. The van der Waals surface area contributed by atoms with E-state index in [4.69, 9.17) is 4.74 Å². The molecule has 0 radical (unpaired) electrons. The van der Waals surface area contributed by atoms with Gasteiger partial charge in [-0.25, -0.2) is 0 Å². The van der Waals surface area contributed by atoms with E-state index in [0.717, 1.165) is 27.8 Å². The van der Waals surface area contributed by atoms with E-state index in [-0.39, 0.29) is 5.75 Å². The third-order valence-corrected chi connectivity index (χ3v) is 4.35. The van der Waals surface area contributed by atoms with Gasteiger partial charge < -0.3 is 14.6 Å². The fourth-order valence-electron chi connectivity index (χ4n) is 3.27. The average Bonchev–Trinajstić information content (AvgIpc) is 3.11. The summed E-state index contributed by atoms with van der Waals surface area (Å²) in [7, 11) is 0. The predicted octanol–water partition coefficient (Wildman–Crippen LogP) is 5.97. The Kier molecular flexibility index (Phi) is 6.76. The monoisotopic (exact) mass is 382 g/mol. The Morgan fingerprint density at radius 2 is 1.81 bits per heavy atom. The van der Waals surface area contributed by atoms with Gasteiger partial charge in [0.25, 0.3) is 0 Å². The summed E-state index contributed by atoms with van der Waals surface area (Å²) >= 11 is 0. The summed E-state index contributed by atoms with van der Waals surface area (Å²) in [6.07, 6.45) is -3.94. The van der Waals surface area contributed by atoms with Crippen molar-refractivity contribution in [3.63, 3.8) is 0 Å². The summed E-state index contributed by atoms with van der Waals surface area (Å²) in [5, 5.41) is 10.3. The van der Waals surface area contributed by atoms with Crippen LogP contribution in [-0.4, -0.2) is 18.1 Å². The first-order valence-electron chi connectivity index (χ1n) is 9.13. The maximum atomic E-state index is 12.3. The van der Waals surface area contributed by atoms with Crippen molar-refractivity contribution in [2.24, 2.45) is 0 Å². The van der Waals surface area contributed by atoms with Crippen LogP contribution in [0.3, 0.4) is 0 Å². The molecule has 1 aliphatic heterocycles. The van der Waals surface area contributed by atoms with Gasteiger partial charge in [-0.1, -0.05) is 32.9 Å². The van der Waals surface area contributed by atoms with Crippen LogP contribution in [0.5, 0.6) is 11.5 Å². The molecule has 0 aliphatic carbocycles. The number of alkyl halides is 3. The number of aliphatic hydroxyl groups is 1. The molecule has 0 bridgehead atoms.